The van der Waals surface area contributed by atoms with Crippen LogP contribution in [0.3, 0.4) is 0 Å². The van der Waals surface area contributed by atoms with Crippen LogP contribution in [0.25, 0.3) is 16.7 Å². The zero-order valence-corrected chi connectivity index (χ0v) is 22.9. The molecular weight excluding hydrogens is 525 g/mol. The van der Waals surface area contributed by atoms with E-state index in [1.54, 1.807) is 28.9 Å². The van der Waals surface area contributed by atoms with Gasteiger partial charge in [0.25, 0.3) is 0 Å². The predicted molar refractivity (Wildman–Crippen MR) is 153 cm³/mol. The van der Waals surface area contributed by atoms with Crippen LogP contribution in [-0.2, 0) is 4.79 Å². The average molecular weight is 554 g/mol. The van der Waals surface area contributed by atoms with Gasteiger partial charge in [0, 0.05) is 38.0 Å². The summed E-state index contributed by atoms with van der Waals surface area (Å²) in [5, 5.41) is 7.16. The Balaban J connectivity index is 1.26. The first-order valence-corrected chi connectivity index (χ1v) is 13.1. The summed E-state index contributed by atoms with van der Waals surface area (Å²) >= 11 is 0. The van der Waals surface area contributed by atoms with Gasteiger partial charge in [-0.05, 0) is 56.7 Å². The number of nitrogens with one attached hydrogen (secondary N) is 1. The minimum absolute atomic E-state index is 0.0915. The van der Waals surface area contributed by atoms with E-state index >= 15 is 4.39 Å². The van der Waals surface area contributed by atoms with Crippen molar-refractivity contribution >= 4 is 39.9 Å². The number of carbonyl (C=O) groups excluding carboxylic acids is 1. The van der Waals surface area contributed by atoms with Crippen molar-refractivity contribution in [2.75, 3.05) is 29.9 Å². The number of piperazine rings is 1. The molecule has 4 aromatic heterocycles. The molecule has 0 saturated carbocycles. The normalized spacial score (nSPS) is 14.8. The predicted octanol–water partition coefficient (Wildman–Crippen LogP) is 4.66. The molecule has 12 heteroatoms. The van der Waals surface area contributed by atoms with Crippen LogP contribution in [0.1, 0.15) is 19.4 Å². The van der Waals surface area contributed by atoms with Crippen LogP contribution in [0.4, 0.5) is 21.7 Å². The molecule has 0 bridgehead atoms. The minimum Gasteiger partial charge on any atom is -0.457 e. The van der Waals surface area contributed by atoms with Gasteiger partial charge in [0.15, 0.2) is 11.5 Å². The Hall–Kier alpha value is -5.13. The highest BCUT2D eigenvalue weighted by Crippen LogP contribution is 2.33. The summed E-state index contributed by atoms with van der Waals surface area (Å²) in [6, 6.07) is 10.2. The van der Waals surface area contributed by atoms with Crippen molar-refractivity contribution in [3.05, 3.63) is 79.3 Å². The van der Waals surface area contributed by atoms with Crippen LogP contribution >= 0.6 is 0 Å². The SMILES string of the molecule is C=CC(=O)N1CCN(c2ccc3ncnc(Nc4cc(C)c(Oc5ccn6ncnc6c5)cc4F)c3n2)CC1(C)C. The number of nitrogens with zero attached hydrogens (tertiary/aromatic N) is 8. The van der Waals surface area contributed by atoms with E-state index in [0.717, 1.165) is 11.4 Å². The standard InChI is InChI=1S/C29H28FN9O2/c1-5-26(40)38-11-10-37(15-29(38,3)4)24-7-6-21-27(36-24)28(33-16-31-21)35-22-12-18(2)23(14-20(22)30)41-19-8-9-39-25(13-19)32-17-34-39/h5-9,12-14,16-17H,1,10-11,15H2,2-4H3,(H,31,33,35). The molecule has 0 aliphatic carbocycles. The second-order valence-electron chi connectivity index (χ2n) is 10.4. The third-order valence-electron chi connectivity index (χ3n) is 7.13. The van der Waals surface area contributed by atoms with Crippen molar-refractivity contribution in [1.29, 1.82) is 0 Å². The van der Waals surface area contributed by atoms with Gasteiger partial charge in [-0.25, -0.2) is 28.8 Å². The smallest absolute Gasteiger partial charge is 0.246 e. The van der Waals surface area contributed by atoms with Crippen molar-refractivity contribution < 1.29 is 13.9 Å². The molecule has 1 amide bonds. The molecule has 5 aromatic rings. The summed E-state index contributed by atoms with van der Waals surface area (Å²) < 4.78 is 22.9. The zero-order valence-electron chi connectivity index (χ0n) is 22.9. The molecule has 1 aliphatic rings. The van der Waals surface area contributed by atoms with Crippen LogP contribution in [0, 0.1) is 12.7 Å². The number of benzene rings is 1. The molecule has 1 fully saturated rings. The van der Waals surface area contributed by atoms with Gasteiger partial charge < -0.3 is 19.9 Å². The lowest BCUT2D eigenvalue weighted by molar-refractivity contribution is -0.131. The topological polar surface area (TPSA) is 114 Å². The summed E-state index contributed by atoms with van der Waals surface area (Å²) in [6.45, 7) is 11.2. The number of carbonyl (C=O) groups is 1. The maximum atomic E-state index is 15.3. The summed E-state index contributed by atoms with van der Waals surface area (Å²) in [6.07, 6.45) is 5.94. The second-order valence-corrected chi connectivity index (χ2v) is 10.4. The van der Waals surface area contributed by atoms with Crippen LogP contribution in [0.15, 0.2) is 67.9 Å². The molecule has 6 rings (SSSR count). The van der Waals surface area contributed by atoms with Gasteiger partial charge in [0.05, 0.1) is 16.7 Å². The third-order valence-corrected chi connectivity index (χ3v) is 7.13. The minimum atomic E-state index is -0.512. The monoisotopic (exact) mass is 553 g/mol. The lowest BCUT2D eigenvalue weighted by Gasteiger charge is -2.47. The van der Waals surface area contributed by atoms with Gasteiger partial charge >= 0.3 is 0 Å². The summed E-state index contributed by atoms with van der Waals surface area (Å²) in [5.74, 6) is 1.39. The lowest BCUT2D eigenvalue weighted by Crippen LogP contribution is -2.61. The number of aryl methyl sites for hydroxylation is 1. The Kier molecular flexibility index (Phi) is 6.45. The summed E-state index contributed by atoms with van der Waals surface area (Å²) in [7, 11) is 0. The van der Waals surface area contributed by atoms with E-state index in [2.05, 4.69) is 36.8 Å². The molecule has 0 unspecified atom stereocenters. The first kappa shape index (κ1) is 26.1. The number of rotatable bonds is 6. The first-order chi connectivity index (χ1) is 19.7. The first-order valence-electron chi connectivity index (χ1n) is 13.1. The fraction of sp³-hybridized carbons (Fsp3) is 0.241. The quantitative estimate of drug-likeness (QED) is 0.300. The van der Waals surface area contributed by atoms with E-state index in [1.807, 2.05) is 37.8 Å². The fourth-order valence-electron chi connectivity index (χ4n) is 5.05. The molecule has 208 valence electrons. The number of aromatic nitrogens is 6. The average Bonchev–Trinajstić information content (AvgIpc) is 3.43. The molecular formula is C29H28FN9O2. The largest absolute Gasteiger partial charge is 0.457 e. The number of hydrogen-bond donors (Lipinski definition) is 1. The number of ether oxygens (including phenoxy) is 1. The number of pyridine rings is 2. The van der Waals surface area contributed by atoms with Crippen LogP contribution < -0.4 is 15.0 Å². The second kappa shape index (κ2) is 10.1. The summed E-state index contributed by atoms with van der Waals surface area (Å²) in [4.78, 5) is 34.0. The van der Waals surface area contributed by atoms with Crippen molar-refractivity contribution in [2.45, 2.75) is 26.3 Å². The fourth-order valence-corrected chi connectivity index (χ4v) is 5.05. The van der Waals surface area contributed by atoms with E-state index in [9.17, 15) is 4.79 Å². The highest BCUT2D eigenvalue weighted by molar-refractivity contribution is 5.89. The number of halogens is 1. The molecule has 1 saturated heterocycles. The van der Waals surface area contributed by atoms with Gasteiger partial charge in [0.2, 0.25) is 5.91 Å². The Morgan fingerprint density at radius 2 is 1.98 bits per heavy atom. The molecule has 1 aromatic carbocycles. The Bertz CT molecular complexity index is 1800. The molecule has 1 N–H and O–H groups in total. The third kappa shape index (κ3) is 4.99. The Morgan fingerprint density at radius 3 is 2.78 bits per heavy atom. The van der Waals surface area contributed by atoms with Crippen LogP contribution in [0.5, 0.6) is 11.5 Å². The van der Waals surface area contributed by atoms with E-state index in [-0.39, 0.29) is 11.6 Å². The van der Waals surface area contributed by atoms with Gasteiger partial charge in [-0.2, -0.15) is 5.10 Å². The van der Waals surface area contributed by atoms with Crippen LogP contribution in [0.2, 0.25) is 0 Å². The van der Waals surface area contributed by atoms with Gasteiger partial charge in [-0.15, -0.1) is 0 Å². The highest BCUT2D eigenvalue weighted by Gasteiger charge is 2.36. The Labute approximate surface area is 235 Å². The van der Waals surface area contributed by atoms with Crippen molar-refractivity contribution in [2.24, 2.45) is 0 Å². The maximum absolute atomic E-state index is 15.3. The molecule has 0 atom stereocenters. The zero-order chi connectivity index (χ0) is 28.7. The molecule has 5 heterocycles. The maximum Gasteiger partial charge on any atom is 0.246 e. The number of anilines is 3. The highest BCUT2D eigenvalue weighted by atomic mass is 19.1. The molecule has 0 spiro atoms. The lowest BCUT2D eigenvalue weighted by atomic mass is 9.98. The molecule has 41 heavy (non-hydrogen) atoms. The van der Waals surface area contributed by atoms with Gasteiger partial charge in [0.1, 0.15) is 41.3 Å². The number of amides is 1. The van der Waals surface area contributed by atoms with Crippen molar-refractivity contribution in [1.82, 2.24) is 34.4 Å². The van der Waals surface area contributed by atoms with E-state index < -0.39 is 11.4 Å². The molecule has 0 radical (unpaired) electrons. The number of hydrogen-bond acceptors (Lipinski definition) is 9. The van der Waals surface area contributed by atoms with Gasteiger partial charge in [-0.1, -0.05) is 6.58 Å². The number of fused-ring (bicyclic) bond motifs is 2. The Morgan fingerprint density at radius 1 is 1.12 bits per heavy atom. The van der Waals surface area contributed by atoms with Crippen molar-refractivity contribution in [3.63, 3.8) is 0 Å². The van der Waals surface area contributed by atoms with Gasteiger partial charge in [-0.3, -0.25) is 4.79 Å². The molecule has 1 aliphatic heterocycles. The van der Waals surface area contributed by atoms with Crippen molar-refractivity contribution in [3.8, 4) is 11.5 Å². The van der Waals surface area contributed by atoms with E-state index in [1.165, 1.54) is 24.8 Å². The van der Waals surface area contributed by atoms with Crippen LogP contribution in [-0.4, -0.2) is 65.5 Å². The molecule has 11 nitrogen and oxygen atoms in total. The van der Waals surface area contributed by atoms with E-state index in [4.69, 9.17) is 9.72 Å². The van der Waals surface area contributed by atoms with E-state index in [0.29, 0.717) is 53.6 Å². The summed E-state index contributed by atoms with van der Waals surface area (Å²) in [5.41, 5.74) is 2.28.